The molecule has 2 atom stereocenters. The summed E-state index contributed by atoms with van der Waals surface area (Å²) in [7, 11) is 0. The van der Waals surface area contributed by atoms with E-state index in [1.54, 1.807) is 6.07 Å². The molecule has 12 heteroatoms. The fourth-order valence-electron chi connectivity index (χ4n) is 4.05. The highest BCUT2D eigenvalue weighted by molar-refractivity contribution is 6.34. The van der Waals surface area contributed by atoms with E-state index in [2.05, 4.69) is 15.1 Å². The first-order chi connectivity index (χ1) is 18.0. The molecule has 8 nitrogen and oxygen atoms in total. The minimum atomic E-state index is -4.88. The Balaban J connectivity index is 1.60. The van der Waals surface area contributed by atoms with Crippen LogP contribution in [-0.4, -0.2) is 39.5 Å². The molecule has 0 radical (unpaired) electrons. The molecule has 4 rings (SSSR count). The number of aromatic nitrogens is 2. The summed E-state index contributed by atoms with van der Waals surface area (Å²) in [6, 6.07) is 8.76. The van der Waals surface area contributed by atoms with Crippen molar-refractivity contribution in [2.75, 3.05) is 6.61 Å². The van der Waals surface area contributed by atoms with Gasteiger partial charge < -0.3 is 19.4 Å². The summed E-state index contributed by atoms with van der Waals surface area (Å²) < 4.78 is 52.6. The molecule has 0 spiro atoms. The summed E-state index contributed by atoms with van der Waals surface area (Å²) >= 11 is 6.44. The van der Waals surface area contributed by atoms with E-state index in [1.807, 2.05) is 32.9 Å². The fraction of sp³-hybridized carbons (Fsp3) is 0.308. The molecule has 1 aromatic carbocycles. The molecule has 1 N–H and O–H groups in total. The Kier molecular flexibility index (Phi) is 7.77. The molecule has 2 unspecified atom stereocenters. The minimum absolute atomic E-state index is 0.0253. The number of pyridine rings is 2. The predicted octanol–water partition coefficient (Wildman–Crippen LogP) is 6.40. The third kappa shape index (κ3) is 5.83. The van der Waals surface area contributed by atoms with Crippen LogP contribution >= 0.6 is 11.6 Å². The van der Waals surface area contributed by atoms with Crippen molar-refractivity contribution < 1.29 is 37.4 Å². The lowest BCUT2D eigenvalue weighted by molar-refractivity contribution is -0.142. The summed E-state index contributed by atoms with van der Waals surface area (Å²) in [4.78, 5) is 24.1. The topological polar surface area (TPSA) is 103 Å². The van der Waals surface area contributed by atoms with Crippen LogP contribution < -0.4 is 9.47 Å². The Morgan fingerprint density at radius 3 is 2.63 bits per heavy atom. The number of rotatable bonds is 8. The molecule has 1 aliphatic rings. The SMILES string of the molecule is Cc1cccc(Cl)c1C1=NOC(C(C)C)C1COc1ccc(Oc2cncc(C(=O)O)c2)c(C(F)(F)F)n1. The molecule has 38 heavy (non-hydrogen) atoms. The Hall–Kier alpha value is -3.86. The number of hydrogen-bond acceptors (Lipinski definition) is 7. The standard InChI is InChI=1S/C26H23ClF3N3O5/c1-13(2)23-17(22(33-38-23)21-14(3)5-4-6-18(21)27)12-36-20-8-7-19(24(32-20)26(28,29)30)37-16-9-15(25(34)35)10-31-11-16/h4-11,13,17,23H,12H2,1-3H3,(H,34,35). The second-order valence-electron chi connectivity index (χ2n) is 8.95. The van der Waals surface area contributed by atoms with Crippen LogP contribution in [0.3, 0.4) is 0 Å². The average molecular weight is 550 g/mol. The van der Waals surface area contributed by atoms with Gasteiger partial charge in [-0.05, 0) is 36.6 Å². The Morgan fingerprint density at radius 1 is 1.21 bits per heavy atom. The van der Waals surface area contributed by atoms with E-state index in [0.717, 1.165) is 30.1 Å². The van der Waals surface area contributed by atoms with Crippen molar-refractivity contribution in [3.05, 3.63) is 76.2 Å². The highest BCUT2D eigenvalue weighted by atomic mass is 35.5. The van der Waals surface area contributed by atoms with Gasteiger partial charge in [0.2, 0.25) is 5.88 Å². The van der Waals surface area contributed by atoms with Crippen LogP contribution in [0.4, 0.5) is 13.2 Å². The van der Waals surface area contributed by atoms with Crippen LogP contribution in [-0.2, 0) is 11.0 Å². The predicted molar refractivity (Wildman–Crippen MR) is 132 cm³/mol. The smallest absolute Gasteiger partial charge is 0.437 e. The third-order valence-electron chi connectivity index (χ3n) is 5.86. The number of aromatic carboxylic acids is 1. The van der Waals surface area contributed by atoms with E-state index in [9.17, 15) is 18.0 Å². The number of oxime groups is 1. The first-order valence-electron chi connectivity index (χ1n) is 11.5. The van der Waals surface area contributed by atoms with Crippen LogP contribution in [0, 0.1) is 18.8 Å². The van der Waals surface area contributed by atoms with Crippen molar-refractivity contribution in [2.24, 2.45) is 17.0 Å². The number of carboxylic acids is 1. The van der Waals surface area contributed by atoms with Crippen molar-refractivity contribution in [1.82, 2.24) is 9.97 Å². The average Bonchev–Trinajstić information content (AvgIpc) is 3.26. The number of carboxylic acid groups (broad SMARTS) is 1. The summed E-state index contributed by atoms with van der Waals surface area (Å²) in [6.45, 7) is 5.69. The molecule has 0 fully saturated rings. The maximum absolute atomic E-state index is 13.9. The normalized spacial score (nSPS) is 17.2. The van der Waals surface area contributed by atoms with Crippen LogP contribution in [0.25, 0.3) is 0 Å². The van der Waals surface area contributed by atoms with Gasteiger partial charge in [-0.25, -0.2) is 9.78 Å². The van der Waals surface area contributed by atoms with Gasteiger partial charge in [-0.1, -0.05) is 42.7 Å². The molecule has 2 aromatic heterocycles. The number of carbonyl (C=O) groups is 1. The first-order valence-corrected chi connectivity index (χ1v) is 11.9. The zero-order chi connectivity index (χ0) is 27.6. The highest BCUT2D eigenvalue weighted by Crippen LogP contribution is 2.39. The Labute approximate surface area is 221 Å². The lowest BCUT2D eigenvalue weighted by atomic mass is 9.86. The first kappa shape index (κ1) is 27.2. The third-order valence-corrected chi connectivity index (χ3v) is 6.17. The molecule has 0 aliphatic carbocycles. The van der Waals surface area contributed by atoms with Gasteiger partial charge in [0.1, 0.15) is 18.5 Å². The summed E-state index contributed by atoms with van der Waals surface area (Å²) in [5, 5.41) is 13.8. The van der Waals surface area contributed by atoms with Crippen molar-refractivity contribution in [1.29, 1.82) is 0 Å². The second-order valence-corrected chi connectivity index (χ2v) is 9.36. The number of aryl methyl sites for hydroxylation is 1. The monoisotopic (exact) mass is 549 g/mol. The zero-order valence-electron chi connectivity index (χ0n) is 20.5. The van der Waals surface area contributed by atoms with E-state index < -0.39 is 29.5 Å². The minimum Gasteiger partial charge on any atom is -0.478 e. The molecule has 1 aliphatic heterocycles. The van der Waals surface area contributed by atoms with Crippen LogP contribution in [0.5, 0.6) is 17.4 Å². The van der Waals surface area contributed by atoms with Gasteiger partial charge in [0, 0.05) is 17.8 Å². The van der Waals surface area contributed by atoms with Crippen molar-refractivity contribution >= 4 is 23.3 Å². The Bertz CT molecular complexity index is 1360. The summed E-state index contributed by atoms with van der Waals surface area (Å²) in [6.07, 6.45) is -3.13. The van der Waals surface area contributed by atoms with Crippen molar-refractivity contribution in [3.63, 3.8) is 0 Å². The number of halogens is 4. The number of hydrogen-bond donors (Lipinski definition) is 1. The number of nitrogens with zero attached hydrogens (tertiary/aromatic N) is 3. The number of ether oxygens (including phenoxy) is 2. The van der Waals surface area contributed by atoms with E-state index in [4.69, 9.17) is 31.0 Å². The molecule has 0 saturated heterocycles. The summed E-state index contributed by atoms with van der Waals surface area (Å²) in [5.41, 5.74) is 0.530. The van der Waals surface area contributed by atoms with Crippen LogP contribution in [0.1, 0.15) is 41.0 Å². The van der Waals surface area contributed by atoms with Gasteiger partial charge in [-0.15, -0.1) is 0 Å². The van der Waals surface area contributed by atoms with E-state index in [1.165, 1.54) is 6.07 Å². The summed E-state index contributed by atoms with van der Waals surface area (Å²) in [5.74, 6) is -2.81. The molecule has 0 amide bonds. The lowest BCUT2D eigenvalue weighted by Crippen LogP contribution is -2.34. The van der Waals surface area contributed by atoms with Crippen LogP contribution in [0.15, 0.2) is 53.9 Å². The van der Waals surface area contributed by atoms with Crippen molar-refractivity contribution in [3.8, 4) is 17.4 Å². The molecular weight excluding hydrogens is 527 g/mol. The quantitative estimate of drug-likeness (QED) is 0.346. The maximum Gasteiger partial charge on any atom is 0.437 e. The fourth-order valence-corrected chi connectivity index (χ4v) is 4.37. The largest absolute Gasteiger partial charge is 0.478 e. The molecule has 200 valence electrons. The van der Waals surface area contributed by atoms with Gasteiger partial charge in [0.25, 0.3) is 0 Å². The van der Waals surface area contributed by atoms with Gasteiger partial charge in [0.05, 0.1) is 28.4 Å². The zero-order valence-corrected chi connectivity index (χ0v) is 21.2. The van der Waals surface area contributed by atoms with Crippen molar-refractivity contribution in [2.45, 2.75) is 33.1 Å². The highest BCUT2D eigenvalue weighted by Gasteiger charge is 2.40. The molecule has 0 bridgehead atoms. The van der Waals surface area contributed by atoms with E-state index >= 15 is 0 Å². The van der Waals surface area contributed by atoms with E-state index in [-0.39, 0.29) is 35.8 Å². The maximum atomic E-state index is 13.9. The van der Waals surface area contributed by atoms with Gasteiger partial charge in [-0.2, -0.15) is 13.2 Å². The molecule has 0 saturated carbocycles. The molecule has 3 heterocycles. The lowest BCUT2D eigenvalue weighted by Gasteiger charge is -2.23. The van der Waals surface area contributed by atoms with Gasteiger partial charge >= 0.3 is 12.1 Å². The van der Waals surface area contributed by atoms with Gasteiger partial charge in [0.15, 0.2) is 11.4 Å². The number of alkyl halides is 3. The van der Waals surface area contributed by atoms with E-state index in [0.29, 0.717) is 16.3 Å². The Morgan fingerprint density at radius 2 is 1.97 bits per heavy atom. The van der Waals surface area contributed by atoms with Crippen LogP contribution in [0.2, 0.25) is 5.02 Å². The second kappa shape index (κ2) is 10.9. The molecular formula is C26H23ClF3N3O5. The molecule has 3 aromatic rings. The van der Waals surface area contributed by atoms with Gasteiger partial charge in [-0.3, -0.25) is 4.98 Å². The number of benzene rings is 1.